The smallest absolute Gasteiger partial charge is 0.172 e. The maximum atomic E-state index is 9.01. The lowest BCUT2D eigenvalue weighted by Crippen LogP contribution is -2.15. The summed E-state index contributed by atoms with van der Waals surface area (Å²) in [5.74, 6) is 1.06. The van der Waals surface area contributed by atoms with Gasteiger partial charge in [-0.25, -0.2) is 0 Å². The van der Waals surface area contributed by atoms with E-state index in [-0.39, 0.29) is 5.84 Å². The molecule has 6 heteroatoms. The van der Waals surface area contributed by atoms with E-state index in [4.69, 9.17) is 10.9 Å². The van der Waals surface area contributed by atoms with Gasteiger partial charge in [0.2, 0.25) is 0 Å². The van der Waals surface area contributed by atoms with Crippen molar-refractivity contribution in [2.45, 2.75) is 21.6 Å². The molecule has 0 atom stereocenters. The molecule has 0 unspecified atom stereocenters. The number of rotatable bonds is 5. The number of amidine groups is 1. The van der Waals surface area contributed by atoms with E-state index in [0.717, 1.165) is 26.0 Å². The minimum absolute atomic E-state index is 0.137. The average Bonchev–Trinajstić information content (AvgIpc) is 2.48. The molecule has 0 bridgehead atoms. The molecule has 1 aromatic carbocycles. The highest BCUT2D eigenvalue weighted by Crippen LogP contribution is 2.35. The summed E-state index contributed by atoms with van der Waals surface area (Å²) < 4.78 is 0. The van der Waals surface area contributed by atoms with Crippen molar-refractivity contribution >= 4 is 29.4 Å². The molecule has 0 fully saturated rings. The molecule has 3 N–H and O–H groups in total. The van der Waals surface area contributed by atoms with Crippen LogP contribution in [0.15, 0.2) is 62.6 Å². The van der Waals surface area contributed by atoms with E-state index in [1.54, 1.807) is 35.9 Å². The van der Waals surface area contributed by atoms with Gasteiger partial charge in [-0.15, -0.1) is 11.8 Å². The molecule has 2 rings (SSSR count). The van der Waals surface area contributed by atoms with E-state index in [2.05, 4.69) is 17.1 Å². The highest BCUT2D eigenvalue weighted by atomic mass is 32.2. The molecule has 0 aliphatic carbocycles. The standard InChI is InChI=1S/C14H15N3OS2/c1-2-19-11-4-3-5-12(13(11)14(15)17-18)20-10-6-8-16-9-7-10/h3-9,18H,2H2,1H3,(H2,15,17). The summed E-state index contributed by atoms with van der Waals surface area (Å²) in [5.41, 5.74) is 6.62. The summed E-state index contributed by atoms with van der Waals surface area (Å²) in [6, 6.07) is 9.80. The number of pyridine rings is 1. The predicted molar refractivity (Wildman–Crippen MR) is 83.7 cm³/mol. The lowest BCUT2D eigenvalue weighted by molar-refractivity contribution is 0.318. The number of benzene rings is 1. The Kier molecular flexibility index (Phi) is 5.31. The lowest BCUT2D eigenvalue weighted by Gasteiger charge is -2.12. The number of thioether (sulfide) groups is 1. The van der Waals surface area contributed by atoms with Crippen molar-refractivity contribution in [2.75, 3.05) is 5.75 Å². The molecule has 0 radical (unpaired) electrons. The van der Waals surface area contributed by atoms with Crippen molar-refractivity contribution in [3.05, 3.63) is 48.3 Å². The van der Waals surface area contributed by atoms with Crippen LogP contribution in [0.3, 0.4) is 0 Å². The summed E-state index contributed by atoms with van der Waals surface area (Å²) in [4.78, 5) is 7.04. The number of hydrogen-bond acceptors (Lipinski definition) is 5. The Labute approximate surface area is 126 Å². The van der Waals surface area contributed by atoms with E-state index >= 15 is 0 Å². The molecular formula is C14H15N3OS2. The third-order valence-electron chi connectivity index (χ3n) is 2.53. The van der Waals surface area contributed by atoms with Crippen LogP contribution >= 0.6 is 23.5 Å². The van der Waals surface area contributed by atoms with Crippen LogP contribution in [0.5, 0.6) is 0 Å². The second-order valence-electron chi connectivity index (χ2n) is 3.83. The average molecular weight is 305 g/mol. The summed E-state index contributed by atoms with van der Waals surface area (Å²) in [6.45, 7) is 2.07. The molecule has 0 saturated carbocycles. The van der Waals surface area contributed by atoms with Gasteiger partial charge in [-0.1, -0.05) is 29.9 Å². The maximum Gasteiger partial charge on any atom is 0.172 e. The van der Waals surface area contributed by atoms with Gasteiger partial charge in [0.15, 0.2) is 5.84 Å². The van der Waals surface area contributed by atoms with Crippen LogP contribution in [-0.2, 0) is 0 Å². The zero-order chi connectivity index (χ0) is 14.4. The molecule has 20 heavy (non-hydrogen) atoms. The summed E-state index contributed by atoms with van der Waals surface area (Å²) >= 11 is 3.25. The highest BCUT2D eigenvalue weighted by molar-refractivity contribution is 8.00. The van der Waals surface area contributed by atoms with Crippen molar-refractivity contribution in [1.29, 1.82) is 0 Å². The van der Waals surface area contributed by atoms with E-state index in [9.17, 15) is 0 Å². The van der Waals surface area contributed by atoms with E-state index in [0.29, 0.717) is 0 Å². The second-order valence-corrected chi connectivity index (χ2v) is 6.25. The van der Waals surface area contributed by atoms with Gasteiger partial charge in [0.25, 0.3) is 0 Å². The van der Waals surface area contributed by atoms with Crippen LogP contribution in [0.2, 0.25) is 0 Å². The molecule has 0 spiro atoms. The molecule has 4 nitrogen and oxygen atoms in total. The Morgan fingerprint density at radius 2 is 1.95 bits per heavy atom. The van der Waals surface area contributed by atoms with Gasteiger partial charge < -0.3 is 10.9 Å². The minimum Gasteiger partial charge on any atom is -0.409 e. The van der Waals surface area contributed by atoms with Crippen molar-refractivity contribution in [3.8, 4) is 0 Å². The Bertz CT molecular complexity index is 603. The lowest BCUT2D eigenvalue weighted by atomic mass is 10.2. The van der Waals surface area contributed by atoms with Gasteiger partial charge in [-0.3, -0.25) is 4.98 Å². The van der Waals surface area contributed by atoms with Crippen molar-refractivity contribution in [2.24, 2.45) is 10.9 Å². The first-order valence-corrected chi connectivity index (χ1v) is 7.88. The number of aromatic nitrogens is 1. The Morgan fingerprint density at radius 3 is 2.60 bits per heavy atom. The number of nitrogens with zero attached hydrogens (tertiary/aromatic N) is 2. The predicted octanol–water partition coefficient (Wildman–Crippen LogP) is 3.44. The van der Waals surface area contributed by atoms with Crippen LogP contribution < -0.4 is 5.73 Å². The van der Waals surface area contributed by atoms with Crippen molar-refractivity contribution in [1.82, 2.24) is 4.98 Å². The number of nitrogens with two attached hydrogens (primary N) is 1. The highest BCUT2D eigenvalue weighted by Gasteiger charge is 2.14. The first-order valence-electron chi connectivity index (χ1n) is 6.07. The van der Waals surface area contributed by atoms with Crippen LogP contribution in [0.4, 0.5) is 0 Å². The molecule has 2 aromatic rings. The monoisotopic (exact) mass is 305 g/mol. The van der Waals surface area contributed by atoms with Crippen LogP contribution in [0, 0.1) is 0 Å². The van der Waals surface area contributed by atoms with E-state index < -0.39 is 0 Å². The number of hydrogen-bond donors (Lipinski definition) is 2. The largest absolute Gasteiger partial charge is 0.409 e. The Balaban J connectivity index is 2.44. The topological polar surface area (TPSA) is 71.5 Å². The fourth-order valence-electron chi connectivity index (χ4n) is 1.71. The third kappa shape index (κ3) is 3.46. The first-order chi connectivity index (χ1) is 9.76. The van der Waals surface area contributed by atoms with Crippen LogP contribution in [-0.4, -0.2) is 21.8 Å². The zero-order valence-electron chi connectivity index (χ0n) is 11.0. The van der Waals surface area contributed by atoms with Crippen molar-refractivity contribution < 1.29 is 5.21 Å². The molecule has 104 valence electrons. The molecule has 0 amide bonds. The molecule has 1 heterocycles. The van der Waals surface area contributed by atoms with Gasteiger partial charge in [0.1, 0.15) is 0 Å². The van der Waals surface area contributed by atoms with Crippen LogP contribution in [0.1, 0.15) is 12.5 Å². The quantitative estimate of drug-likeness (QED) is 0.291. The fraction of sp³-hybridized carbons (Fsp3) is 0.143. The maximum absolute atomic E-state index is 9.01. The molecule has 1 aromatic heterocycles. The van der Waals surface area contributed by atoms with Gasteiger partial charge >= 0.3 is 0 Å². The van der Waals surface area contributed by atoms with Gasteiger partial charge in [0, 0.05) is 32.6 Å². The van der Waals surface area contributed by atoms with Crippen LogP contribution in [0.25, 0.3) is 0 Å². The first kappa shape index (κ1) is 14.7. The van der Waals surface area contributed by atoms with E-state index in [1.165, 1.54) is 0 Å². The molecular weight excluding hydrogens is 290 g/mol. The van der Waals surface area contributed by atoms with Crippen molar-refractivity contribution in [3.63, 3.8) is 0 Å². The minimum atomic E-state index is 0.137. The molecule has 0 saturated heterocycles. The second kappa shape index (κ2) is 7.21. The molecule has 0 aliphatic heterocycles. The van der Waals surface area contributed by atoms with Gasteiger partial charge in [0.05, 0.1) is 0 Å². The fourth-order valence-corrected chi connectivity index (χ4v) is 3.59. The van der Waals surface area contributed by atoms with Gasteiger partial charge in [-0.05, 0) is 30.0 Å². The number of oxime groups is 1. The summed E-state index contributed by atoms with van der Waals surface area (Å²) in [7, 11) is 0. The summed E-state index contributed by atoms with van der Waals surface area (Å²) in [6.07, 6.45) is 3.49. The SMILES string of the molecule is CCSc1cccc(Sc2ccncc2)c1/C(N)=N/O. The zero-order valence-corrected chi connectivity index (χ0v) is 12.6. The third-order valence-corrected chi connectivity index (χ3v) is 4.54. The van der Waals surface area contributed by atoms with Gasteiger partial charge in [-0.2, -0.15) is 0 Å². The van der Waals surface area contributed by atoms with E-state index in [1.807, 2.05) is 30.3 Å². The Hall–Kier alpha value is -1.66. The summed E-state index contributed by atoms with van der Waals surface area (Å²) in [5, 5.41) is 12.2. The Morgan fingerprint density at radius 1 is 1.25 bits per heavy atom. The normalized spacial score (nSPS) is 11.6. The molecule has 0 aliphatic rings.